The number of carbonyl (C=O) groups excluding carboxylic acids is 2. The van der Waals surface area contributed by atoms with E-state index >= 15 is 0 Å². The number of alkyl carbamates (subject to hydrolysis) is 1. The first-order valence-corrected chi connectivity index (χ1v) is 11.3. The van der Waals surface area contributed by atoms with Crippen LogP contribution in [0.5, 0.6) is 0 Å². The second-order valence-electron chi connectivity index (χ2n) is 7.96. The molecule has 174 valence electrons. The van der Waals surface area contributed by atoms with Crippen molar-refractivity contribution in [1.82, 2.24) is 10.6 Å². The number of ether oxygens (including phenoxy) is 1. The Bertz CT molecular complexity index is 956. The summed E-state index contributed by atoms with van der Waals surface area (Å²) in [6.45, 7) is 1.05. The molecule has 0 saturated carbocycles. The first-order valence-electron chi connectivity index (χ1n) is 11.3. The molecule has 7 heteroatoms. The minimum atomic E-state index is -1.03. The predicted molar refractivity (Wildman–Crippen MR) is 126 cm³/mol. The molecule has 3 rings (SSSR count). The van der Waals surface area contributed by atoms with Gasteiger partial charge in [-0.3, -0.25) is 4.79 Å². The molecule has 0 spiro atoms. The van der Waals surface area contributed by atoms with E-state index in [0.717, 1.165) is 31.8 Å². The van der Waals surface area contributed by atoms with E-state index in [-0.39, 0.29) is 18.4 Å². The molecule has 2 amide bonds. The summed E-state index contributed by atoms with van der Waals surface area (Å²) in [5, 5.41) is 13.9. The average Bonchev–Trinajstić information content (AvgIpc) is 3.13. The minimum absolute atomic E-state index is 0.0499. The van der Waals surface area contributed by atoms with Crippen LogP contribution in [0.25, 0.3) is 11.1 Å². The zero-order chi connectivity index (χ0) is 23.5. The molecule has 0 unspecified atom stereocenters. The normalized spacial score (nSPS) is 12.2. The molecule has 7 nitrogen and oxygen atoms in total. The highest BCUT2D eigenvalue weighted by molar-refractivity contribution is 5.80. The molecule has 0 aliphatic heterocycles. The Hall–Kier alpha value is -3.61. The fourth-order valence-corrected chi connectivity index (χ4v) is 4.02. The van der Waals surface area contributed by atoms with Crippen LogP contribution in [-0.2, 0) is 14.3 Å². The number of carboxylic acids is 1. The van der Waals surface area contributed by atoms with Gasteiger partial charge in [-0.2, -0.15) is 0 Å². The molecule has 1 aliphatic carbocycles. The number of benzene rings is 2. The molecule has 0 saturated heterocycles. The third kappa shape index (κ3) is 7.20. The minimum Gasteiger partial charge on any atom is -0.478 e. The lowest BCUT2D eigenvalue weighted by atomic mass is 9.98. The number of unbranched alkanes of at least 4 members (excludes halogenated alkanes) is 3. The van der Waals surface area contributed by atoms with E-state index in [1.807, 2.05) is 24.3 Å². The van der Waals surface area contributed by atoms with Crippen LogP contribution in [0.3, 0.4) is 0 Å². The lowest BCUT2D eigenvalue weighted by Gasteiger charge is -2.14. The molecule has 0 heterocycles. The SMILES string of the molecule is O=C(O)/C=C/CNC(=O)CCCCCCNC(=O)OCC1c2ccccc2-c2ccccc21. The van der Waals surface area contributed by atoms with Crippen molar-refractivity contribution >= 4 is 18.0 Å². The molecule has 3 N–H and O–H groups in total. The molecular weight excluding hydrogens is 420 g/mol. The van der Waals surface area contributed by atoms with Crippen LogP contribution < -0.4 is 10.6 Å². The number of hydrogen-bond donors (Lipinski definition) is 3. The maximum atomic E-state index is 12.1. The van der Waals surface area contributed by atoms with Gasteiger partial charge in [-0.25, -0.2) is 9.59 Å². The average molecular weight is 451 g/mol. The van der Waals surface area contributed by atoms with Crippen molar-refractivity contribution in [2.24, 2.45) is 0 Å². The van der Waals surface area contributed by atoms with E-state index in [9.17, 15) is 14.4 Å². The molecular formula is C26H30N2O5. The van der Waals surface area contributed by atoms with Crippen LogP contribution in [-0.4, -0.2) is 42.8 Å². The topological polar surface area (TPSA) is 105 Å². The van der Waals surface area contributed by atoms with Crippen LogP contribution in [0, 0.1) is 0 Å². The van der Waals surface area contributed by atoms with Crippen LogP contribution in [0.2, 0.25) is 0 Å². The van der Waals surface area contributed by atoms with Gasteiger partial charge < -0.3 is 20.5 Å². The Balaban J connectivity index is 1.28. The van der Waals surface area contributed by atoms with E-state index in [4.69, 9.17) is 9.84 Å². The summed E-state index contributed by atoms with van der Waals surface area (Å²) in [5.74, 6) is -1.08. The van der Waals surface area contributed by atoms with Crippen LogP contribution in [0.4, 0.5) is 4.79 Å². The van der Waals surface area contributed by atoms with Gasteiger partial charge >= 0.3 is 12.1 Å². The zero-order valence-electron chi connectivity index (χ0n) is 18.6. The maximum Gasteiger partial charge on any atom is 0.407 e. The third-order valence-electron chi connectivity index (χ3n) is 5.62. The largest absolute Gasteiger partial charge is 0.478 e. The Morgan fingerprint density at radius 3 is 2.18 bits per heavy atom. The number of carboxylic acid groups (broad SMARTS) is 1. The van der Waals surface area contributed by atoms with Gasteiger partial charge in [0.15, 0.2) is 0 Å². The third-order valence-corrected chi connectivity index (χ3v) is 5.62. The zero-order valence-corrected chi connectivity index (χ0v) is 18.6. The molecule has 0 fully saturated rings. The summed E-state index contributed by atoms with van der Waals surface area (Å²) in [6.07, 6.45) is 5.73. The fourth-order valence-electron chi connectivity index (χ4n) is 4.02. The number of hydrogen-bond acceptors (Lipinski definition) is 4. The van der Waals surface area contributed by atoms with Gasteiger partial charge in [0.05, 0.1) is 0 Å². The van der Waals surface area contributed by atoms with Gasteiger partial charge in [0, 0.05) is 31.5 Å². The van der Waals surface area contributed by atoms with Crippen molar-refractivity contribution in [2.75, 3.05) is 19.7 Å². The predicted octanol–water partition coefficient (Wildman–Crippen LogP) is 4.23. The molecule has 33 heavy (non-hydrogen) atoms. The van der Waals surface area contributed by atoms with Crippen molar-refractivity contribution in [3.05, 3.63) is 71.8 Å². The summed E-state index contributed by atoms with van der Waals surface area (Å²) in [6, 6.07) is 16.5. The second kappa shape index (κ2) is 12.4. The number of carbonyl (C=O) groups is 3. The first kappa shape index (κ1) is 24.0. The monoisotopic (exact) mass is 450 g/mol. The van der Waals surface area contributed by atoms with Crippen LogP contribution >= 0.6 is 0 Å². The standard InChI is InChI=1S/C26H30N2O5/c29-24(27-17-9-15-25(30)31)14-3-1-2-8-16-28-26(32)33-18-23-21-12-6-4-10-19(21)20-11-5-7-13-22(20)23/h4-7,9-13,15,23H,1-3,8,14,16-18H2,(H,27,29)(H,28,32)(H,30,31)/b15-9+. The summed E-state index contributed by atoms with van der Waals surface area (Å²) in [4.78, 5) is 34.1. The second-order valence-corrected chi connectivity index (χ2v) is 7.96. The van der Waals surface area contributed by atoms with E-state index in [2.05, 4.69) is 34.9 Å². The molecule has 0 aromatic heterocycles. The quantitative estimate of drug-likeness (QED) is 0.332. The van der Waals surface area contributed by atoms with Crippen molar-refractivity contribution in [3.63, 3.8) is 0 Å². The summed E-state index contributed by atoms with van der Waals surface area (Å²) >= 11 is 0. The van der Waals surface area contributed by atoms with Crippen molar-refractivity contribution in [3.8, 4) is 11.1 Å². The van der Waals surface area contributed by atoms with Gasteiger partial charge in [0.1, 0.15) is 6.61 Å². The Morgan fingerprint density at radius 2 is 1.52 bits per heavy atom. The van der Waals surface area contributed by atoms with Crippen LogP contribution in [0.15, 0.2) is 60.7 Å². The highest BCUT2D eigenvalue weighted by atomic mass is 16.5. The van der Waals surface area contributed by atoms with Gasteiger partial charge in [-0.05, 0) is 35.1 Å². The van der Waals surface area contributed by atoms with Gasteiger partial charge in [-0.1, -0.05) is 67.4 Å². The lowest BCUT2D eigenvalue weighted by molar-refractivity contribution is -0.131. The Kier molecular flexibility index (Phi) is 9.06. The summed E-state index contributed by atoms with van der Waals surface area (Å²) in [5.41, 5.74) is 4.78. The number of rotatable bonds is 12. The van der Waals surface area contributed by atoms with E-state index in [0.29, 0.717) is 19.6 Å². The highest BCUT2D eigenvalue weighted by Gasteiger charge is 2.28. The Morgan fingerprint density at radius 1 is 0.879 bits per heavy atom. The molecule has 2 aromatic carbocycles. The maximum absolute atomic E-state index is 12.1. The first-order chi connectivity index (χ1) is 16.1. The van der Waals surface area contributed by atoms with Crippen LogP contribution in [0.1, 0.15) is 49.1 Å². The Labute approximate surface area is 193 Å². The highest BCUT2D eigenvalue weighted by Crippen LogP contribution is 2.44. The van der Waals surface area contributed by atoms with Crippen molar-refractivity contribution in [2.45, 2.75) is 38.0 Å². The number of fused-ring (bicyclic) bond motifs is 3. The molecule has 0 radical (unpaired) electrons. The fraction of sp³-hybridized carbons (Fsp3) is 0.346. The number of nitrogens with one attached hydrogen (secondary N) is 2. The summed E-state index contributed by atoms with van der Waals surface area (Å²) < 4.78 is 5.52. The lowest BCUT2D eigenvalue weighted by Crippen LogP contribution is -2.27. The van der Waals surface area contributed by atoms with E-state index in [1.165, 1.54) is 28.3 Å². The van der Waals surface area contributed by atoms with E-state index in [1.54, 1.807) is 0 Å². The molecule has 0 atom stereocenters. The molecule has 1 aliphatic rings. The summed E-state index contributed by atoms with van der Waals surface area (Å²) in [7, 11) is 0. The van der Waals surface area contributed by atoms with Crippen molar-refractivity contribution < 1.29 is 24.2 Å². The van der Waals surface area contributed by atoms with Gasteiger partial charge in [0.2, 0.25) is 5.91 Å². The molecule has 0 bridgehead atoms. The van der Waals surface area contributed by atoms with Gasteiger partial charge in [-0.15, -0.1) is 0 Å². The van der Waals surface area contributed by atoms with Gasteiger partial charge in [0.25, 0.3) is 0 Å². The smallest absolute Gasteiger partial charge is 0.407 e. The molecule has 2 aromatic rings. The number of amides is 2. The van der Waals surface area contributed by atoms with Crippen molar-refractivity contribution in [1.29, 1.82) is 0 Å². The van der Waals surface area contributed by atoms with E-state index < -0.39 is 12.1 Å². The number of aliphatic carboxylic acids is 1.